The van der Waals surface area contributed by atoms with E-state index in [9.17, 15) is 0 Å². The van der Waals surface area contributed by atoms with E-state index >= 15 is 0 Å². The molecule has 1 rings (SSSR count). The lowest BCUT2D eigenvalue weighted by Gasteiger charge is -2.02. The second kappa shape index (κ2) is 2.93. The maximum Gasteiger partial charge on any atom is 0.0640 e. The fourth-order valence-electron chi connectivity index (χ4n) is 0.722. The first-order valence-electron chi connectivity index (χ1n) is 4.43. The summed E-state index contributed by atoms with van der Waals surface area (Å²) in [5.41, 5.74) is 1.44. The summed E-state index contributed by atoms with van der Waals surface area (Å²) in [7, 11) is 0. The molecule has 0 aliphatic heterocycles. The summed E-state index contributed by atoms with van der Waals surface area (Å²) in [6, 6.07) is 5.18. The van der Waals surface area contributed by atoms with Gasteiger partial charge < -0.3 is 5.32 Å². The Morgan fingerprint density at radius 1 is 1.60 bits per heavy atom. The molecular formula is C8H10ClN. The molecule has 54 valence electrons. The molecule has 1 aromatic carbocycles. The summed E-state index contributed by atoms with van der Waals surface area (Å²) in [6.45, 7) is -0.302. The largest absolute Gasteiger partial charge is 0.387 e. The van der Waals surface area contributed by atoms with Crippen LogP contribution in [0.3, 0.4) is 0 Å². The highest BCUT2D eigenvalue weighted by molar-refractivity contribution is 6.33. The molecule has 0 bridgehead atoms. The maximum atomic E-state index is 6.98. The van der Waals surface area contributed by atoms with E-state index < -0.39 is 6.98 Å². The zero-order valence-electron chi connectivity index (χ0n) is 8.61. The Labute approximate surface area is 70.2 Å². The molecule has 1 aromatic rings. The van der Waals surface area contributed by atoms with Gasteiger partial charge in [0.1, 0.15) is 0 Å². The first-order valence-corrected chi connectivity index (χ1v) is 3.30. The number of benzene rings is 1. The summed E-state index contributed by atoms with van der Waals surface area (Å²) in [4.78, 5) is 0. The minimum atomic E-state index is -2.20. The first-order chi connectivity index (χ1) is 5.88. The lowest BCUT2D eigenvalue weighted by atomic mass is 10.2. The van der Waals surface area contributed by atoms with Gasteiger partial charge in [-0.3, -0.25) is 0 Å². The predicted octanol–water partition coefficient (Wildman–Crippen LogP) is 2.69. The molecule has 0 aromatic heterocycles. The normalized spacial score (nSPS) is 15.2. The van der Waals surface area contributed by atoms with E-state index in [0.29, 0.717) is 10.7 Å². The van der Waals surface area contributed by atoms with E-state index in [1.807, 2.05) is 6.92 Å². The van der Waals surface area contributed by atoms with E-state index in [0.717, 1.165) is 5.56 Å². The number of anilines is 1. The summed E-state index contributed by atoms with van der Waals surface area (Å²) < 4.78 is 20.9. The van der Waals surface area contributed by atoms with Crippen LogP contribution in [0, 0.1) is 6.92 Å². The van der Waals surface area contributed by atoms with Gasteiger partial charge >= 0.3 is 0 Å². The zero-order valence-corrected chi connectivity index (χ0v) is 6.37. The van der Waals surface area contributed by atoms with Crippen LogP contribution in [0.15, 0.2) is 18.2 Å². The minimum absolute atomic E-state index is 0.427. The van der Waals surface area contributed by atoms with E-state index in [1.165, 1.54) is 0 Å². The Morgan fingerprint density at radius 2 is 2.40 bits per heavy atom. The number of halogens is 1. The molecular weight excluding hydrogens is 146 g/mol. The molecule has 2 heteroatoms. The molecule has 0 saturated heterocycles. The quantitative estimate of drug-likeness (QED) is 0.663. The fraction of sp³-hybridized carbons (Fsp3) is 0.250. The summed E-state index contributed by atoms with van der Waals surface area (Å²) in [5.74, 6) is 0. The van der Waals surface area contributed by atoms with Gasteiger partial charge in [0.2, 0.25) is 0 Å². The van der Waals surface area contributed by atoms with Crippen molar-refractivity contribution < 1.29 is 4.11 Å². The molecule has 1 N–H and O–H groups in total. The average molecular weight is 159 g/mol. The molecule has 0 spiro atoms. The maximum absolute atomic E-state index is 6.98. The smallest absolute Gasteiger partial charge is 0.0640 e. The van der Waals surface area contributed by atoms with Crippen molar-refractivity contribution in [3.05, 3.63) is 28.8 Å². The van der Waals surface area contributed by atoms with Gasteiger partial charge in [-0.15, -0.1) is 0 Å². The Kier molecular flexibility index (Phi) is 1.24. The van der Waals surface area contributed by atoms with Crippen LogP contribution >= 0.6 is 11.6 Å². The molecule has 0 unspecified atom stereocenters. The Balaban J connectivity index is 2.90. The SMILES string of the molecule is [2H]C([2H])([2H])Nc1ccc(C)cc1Cl. The molecule has 0 aliphatic carbocycles. The number of aryl methyl sites for hydroxylation is 1. The molecule has 0 fully saturated rings. The molecule has 0 heterocycles. The van der Waals surface area contributed by atoms with Crippen molar-refractivity contribution in [1.29, 1.82) is 0 Å². The van der Waals surface area contributed by atoms with Crippen LogP contribution in [0.25, 0.3) is 0 Å². The Bertz CT molecular complexity index is 309. The van der Waals surface area contributed by atoms with Crippen LogP contribution in [-0.4, -0.2) is 6.98 Å². The van der Waals surface area contributed by atoms with Crippen LogP contribution in [0.5, 0.6) is 0 Å². The van der Waals surface area contributed by atoms with Crippen molar-refractivity contribution in [3.63, 3.8) is 0 Å². The lowest BCUT2D eigenvalue weighted by Crippen LogP contribution is -1.88. The van der Waals surface area contributed by atoms with Gasteiger partial charge in [-0.25, -0.2) is 0 Å². The van der Waals surface area contributed by atoms with Gasteiger partial charge in [-0.05, 0) is 24.6 Å². The van der Waals surface area contributed by atoms with E-state index in [2.05, 4.69) is 5.32 Å². The molecule has 0 atom stereocenters. The summed E-state index contributed by atoms with van der Waals surface area (Å²) >= 11 is 5.82. The highest BCUT2D eigenvalue weighted by Gasteiger charge is 1.95. The number of nitrogens with one attached hydrogen (secondary N) is 1. The molecule has 0 amide bonds. The third-order valence-electron chi connectivity index (χ3n) is 1.26. The Morgan fingerprint density at radius 3 is 3.00 bits per heavy atom. The minimum Gasteiger partial charge on any atom is -0.387 e. The third kappa shape index (κ3) is 1.42. The van der Waals surface area contributed by atoms with Crippen molar-refractivity contribution in [2.45, 2.75) is 6.92 Å². The van der Waals surface area contributed by atoms with Crippen molar-refractivity contribution in [3.8, 4) is 0 Å². The van der Waals surface area contributed by atoms with Crippen LogP contribution in [0.1, 0.15) is 9.68 Å². The topological polar surface area (TPSA) is 12.0 Å². The van der Waals surface area contributed by atoms with Crippen LogP contribution in [0.4, 0.5) is 5.69 Å². The number of hydrogen-bond acceptors (Lipinski definition) is 1. The van der Waals surface area contributed by atoms with Crippen LogP contribution in [0.2, 0.25) is 5.02 Å². The van der Waals surface area contributed by atoms with Crippen molar-refractivity contribution in [1.82, 2.24) is 0 Å². The van der Waals surface area contributed by atoms with E-state index in [-0.39, 0.29) is 0 Å². The van der Waals surface area contributed by atoms with Gasteiger partial charge in [0, 0.05) is 11.1 Å². The van der Waals surface area contributed by atoms with Gasteiger partial charge in [0.25, 0.3) is 0 Å². The van der Waals surface area contributed by atoms with Gasteiger partial charge in [0.05, 0.1) is 10.7 Å². The second-order valence-corrected chi connectivity index (χ2v) is 2.52. The predicted molar refractivity (Wildman–Crippen MR) is 45.7 cm³/mol. The molecule has 10 heavy (non-hydrogen) atoms. The highest BCUT2D eigenvalue weighted by Crippen LogP contribution is 2.21. The van der Waals surface area contributed by atoms with E-state index in [4.69, 9.17) is 15.7 Å². The first kappa shape index (κ1) is 4.24. The molecule has 0 saturated carbocycles. The fourth-order valence-corrected chi connectivity index (χ4v) is 1.00. The Hall–Kier alpha value is -0.690. The monoisotopic (exact) mass is 158 g/mol. The van der Waals surface area contributed by atoms with Gasteiger partial charge in [-0.2, -0.15) is 0 Å². The van der Waals surface area contributed by atoms with Gasteiger partial charge in [0.15, 0.2) is 0 Å². The summed E-state index contributed by atoms with van der Waals surface area (Å²) in [6.07, 6.45) is 0. The summed E-state index contributed by atoms with van der Waals surface area (Å²) in [5, 5.41) is 2.77. The number of hydrogen-bond donors (Lipinski definition) is 1. The lowest BCUT2D eigenvalue weighted by molar-refractivity contribution is 1.44. The zero-order chi connectivity index (χ0) is 10.1. The van der Waals surface area contributed by atoms with Crippen LogP contribution < -0.4 is 5.32 Å². The molecule has 0 aliphatic rings. The third-order valence-corrected chi connectivity index (χ3v) is 1.57. The highest BCUT2D eigenvalue weighted by atomic mass is 35.5. The van der Waals surface area contributed by atoms with Crippen molar-refractivity contribution >= 4 is 17.3 Å². The molecule has 1 nitrogen and oxygen atoms in total. The van der Waals surface area contributed by atoms with Crippen molar-refractivity contribution in [2.24, 2.45) is 0 Å². The van der Waals surface area contributed by atoms with E-state index in [1.54, 1.807) is 18.2 Å². The number of rotatable bonds is 1. The van der Waals surface area contributed by atoms with Crippen LogP contribution in [-0.2, 0) is 0 Å². The van der Waals surface area contributed by atoms with Crippen molar-refractivity contribution in [2.75, 3.05) is 12.3 Å². The molecule has 0 radical (unpaired) electrons. The standard InChI is InChI=1S/C8H10ClN/c1-6-3-4-8(10-2)7(9)5-6/h3-5,10H,1-2H3/i2D3. The average Bonchev–Trinajstić information content (AvgIpc) is 1.93. The van der Waals surface area contributed by atoms with Gasteiger partial charge in [-0.1, -0.05) is 17.7 Å². The second-order valence-electron chi connectivity index (χ2n) is 2.11.